The van der Waals surface area contributed by atoms with Crippen molar-refractivity contribution in [3.05, 3.63) is 35.4 Å². The van der Waals surface area contributed by atoms with Crippen LogP contribution in [0.2, 0.25) is 0 Å². The molecule has 1 heterocycles. The third-order valence-corrected chi connectivity index (χ3v) is 4.28. The lowest BCUT2D eigenvalue weighted by molar-refractivity contribution is 0.00654. The van der Waals surface area contributed by atoms with Crippen LogP contribution >= 0.6 is 0 Å². The third-order valence-electron chi connectivity index (χ3n) is 4.28. The molecular formula is C15H18F3NO2. The second-order valence-corrected chi connectivity index (χ2v) is 6.19. The van der Waals surface area contributed by atoms with Gasteiger partial charge in [0.15, 0.2) is 11.6 Å². The average Bonchev–Trinajstić information content (AvgIpc) is 2.28. The van der Waals surface area contributed by atoms with E-state index in [1.165, 1.54) is 17.0 Å². The van der Waals surface area contributed by atoms with E-state index >= 15 is 0 Å². The Balaban J connectivity index is 2.03. The molecule has 0 aliphatic carbocycles. The molecule has 0 saturated carbocycles. The number of alkyl halides is 1. The van der Waals surface area contributed by atoms with E-state index in [4.69, 9.17) is 5.11 Å². The zero-order valence-electron chi connectivity index (χ0n) is 11.9. The van der Waals surface area contributed by atoms with Crippen LogP contribution in [-0.2, 0) is 0 Å². The van der Waals surface area contributed by atoms with E-state index in [0.29, 0.717) is 13.1 Å². The van der Waals surface area contributed by atoms with Gasteiger partial charge in [-0.3, -0.25) is 0 Å². The lowest BCUT2D eigenvalue weighted by Gasteiger charge is -2.46. The molecule has 2 rings (SSSR count). The summed E-state index contributed by atoms with van der Waals surface area (Å²) in [4.78, 5) is 12.0. The van der Waals surface area contributed by atoms with Gasteiger partial charge in [0.05, 0.1) is 0 Å². The van der Waals surface area contributed by atoms with E-state index in [9.17, 15) is 18.0 Å². The number of carboxylic acid groups (broad SMARTS) is 1. The zero-order valence-corrected chi connectivity index (χ0v) is 11.9. The quantitative estimate of drug-likeness (QED) is 0.913. The van der Waals surface area contributed by atoms with E-state index in [0.717, 1.165) is 6.07 Å². The molecule has 1 aliphatic rings. The summed E-state index contributed by atoms with van der Waals surface area (Å²) in [7, 11) is 0. The van der Waals surface area contributed by atoms with Crippen molar-refractivity contribution in [1.82, 2.24) is 4.90 Å². The van der Waals surface area contributed by atoms with Crippen molar-refractivity contribution >= 4 is 6.09 Å². The molecule has 1 aromatic rings. The van der Waals surface area contributed by atoms with Crippen molar-refractivity contribution in [2.75, 3.05) is 13.1 Å². The van der Waals surface area contributed by atoms with Crippen LogP contribution in [0.1, 0.15) is 32.0 Å². The van der Waals surface area contributed by atoms with Crippen LogP contribution in [-0.4, -0.2) is 29.2 Å². The standard InChI is InChI=1S/C15H18F3NO2/c1-15(2,9-7-19(8-9)14(20)21)6-12(17)10-4-3-5-11(16)13(10)18/h3-5,9,12H,6-8H2,1-2H3,(H,20,21). The van der Waals surface area contributed by atoms with Crippen LogP contribution in [0, 0.1) is 23.0 Å². The van der Waals surface area contributed by atoms with Crippen molar-refractivity contribution in [2.45, 2.75) is 26.4 Å². The summed E-state index contributed by atoms with van der Waals surface area (Å²) in [6, 6.07) is 3.47. The van der Waals surface area contributed by atoms with E-state index in [2.05, 4.69) is 0 Å². The van der Waals surface area contributed by atoms with E-state index in [1.54, 1.807) is 0 Å². The van der Waals surface area contributed by atoms with Gasteiger partial charge in [0, 0.05) is 18.7 Å². The molecule has 1 unspecified atom stereocenters. The molecule has 0 spiro atoms. The van der Waals surface area contributed by atoms with Crippen molar-refractivity contribution in [1.29, 1.82) is 0 Å². The summed E-state index contributed by atoms with van der Waals surface area (Å²) in [5, 5.41) is 8.80. The van der Waals surface area contributed by atoms with Gasteiger partial charge in [0.1, 0.15) is 6.17 Å². The summed E-state index contributed by atoms with van der Waals surface area (Å²) in [6.07, 6.45) is -2.59. The van der Waals surface area contributed by atoms with Gasteiger partial charge in [-0.05, 0) is 23.8 Å². The fourth-order valence-electron chi connectivity index (χ4n) is 2.63. The first-order chi connectivity index (χ1) is 9.72. The van der Waals surface area contributed by atoms with Crippen LogP contribution in [0.5, 0.6) is 0 Å². The Kier molecular flexibility index (Phi) is 4.16. The predicted octanol–water partition coefficient (Wildman–Crippen LogP) is 4.00. The van der Waals surface area contributed by atoms with Crippen LogP contribution in [0.3, 0.4) is 0 Å². The van der Waals surface area contributed by atoms with Crippen molar-refractivity contribution in [2.24, 2.45) is 11.3 Å². The fraction of sp³-hybridized carbons (Fsp3) is 0.533. The minimum atomic E-state index is -1.62. The second kappa shape index (κ2) is 5.58. The van der Waals surface area contributed by atoms with Gasteiger partial charge in [0.25, 0.3) is 0 Å². The maximum Gasteiger partial charge on any atom is 0.407 e. The van der Waals surface area contributed by atoms with Gasteiger partial charge >= 0.3 is 6.09 Å². The Morgan fingerprint density at radius 3 is 2.62 bits per heavy atom. The maximum absolute atomic E-state index is 14.3. The van der Waals surface area contributed by atoms with Gasteiger partial charge in [-0.2, -0.15) is 0 Å². The topological polar surface area (TPSA) is 40.5 Å². The highest BCUT2D eigenvalue weighted by atomic mass is 19.2. The monoisotopic (exact) mass is 301 g/mol. The van der Waals surface area contributed by atoms with Crippen LogP contribution in [0.4, 0.5) is 18.0 Å². The van der Waals surface area contributed by atoms with Gasteiger partial charge in [-0.15, -0.1) is 0 Å². The highest BCUT2D eigenvalue weighted by Crippen LogP contribution is 2.42. The minimum Gasteiger partial charge on any atom is -0.465 e. The summed E-state index contributed by atoms with van der Waals surface area (Å²) in [6.45, 7) is 4.34. The molecule has 1 atom stereocenters. The Labute approximate surface area is 121 Å². The number of rotatable bonds is 4. The first-order valence-corrected chi connectivity index (χ1v) is 6.78. The number of nitrogens with zero attached hydrogens (tertiary/aromatic N) is 1. The highest BCUT2D eigenvalue weighted by Gasteiger charge is 2.42. The second-order valence-electron chi connectivity index (χ2n) is 6.19. The van der Waals surface area contributed by atoms with Crippen LogP contribution < -0.4 is 0 Å². The molecule has 1 saturated heterocycles. The number of hydrogen-bond acceptors (Lipinski definition) is 1. The largest absolute Gasteiger partial charge is 0.465 e. The number of hydrogen-bond donors (Lipinski definition) is 1. The number of halogens is 3. The maximum atomic E-state index is 14.3. The SMILES string of the molecule is CC(C)(CC(F)c1cccc(F)c1F)C1CN(C(=O)O)C1. The van der Waals surface area contributed by atoms with E-state index in [-0.39, 0.29) is 17.9 Å². The molecule has 0 radical (unpaired) electrons. The molecular weight excluding hydrogens is 283 g/mol. The molecule has 1 amide bonds. The van der Waals surface area contributed by atoms with E-state index < -0.39 is 29.3 Å². The van der Waals surface area contributed by atoms with E-state index in [1.807, 2.05) is 13.8 Å². The molecule has 1 N–H and O–H groups in total. The smallest absolute Gasteiger partial charge is 0.407 e. The van der Waals surface area contributed by atoms with Gasteiger partial charge in [-0.25, -0.2) is 18.0 Å². The molecule has 0 bridgehead atoms. The Morgan fingerprint density at radius 1 is 1.43 bits per heavy atom. The third kappa shape index (κ3) is 3.14. The summed E-state index contributed by atoms with van der Waals surface area (Å²) >= 11 is 0. The molecule has 21 heavy (non-hydrogen) atoms. The Bertz CT molecular complexity index is 542. The predicted molar refractivity (Wildman–Crippen MR) is 71.7 cm³/mol. The van der Waals surface area contributed by atoms with Gasteiger partial charge in [-0.1, -0.05) is 26.0 Å². The summed E-state index contributed by atoms with van der Waals surface area (Å²) < 4.78 is 41.0. The van der Waals surface area contributed by atoms with Crippen molar-refractivity contribution < 1.29 is 23.1 Å². The number of amides is 1. The molecule has 0 aromatic heterocycles. The lowest BCUT2D eigenvalue weighted by Crippen LogP contribution is -2.54. The molecule has 6 heteroatoms. The van der Waals surface area contributed by atoms with Gasteiger partial charge < -0.3 is 10.0 Å². The lowest BCUT2D eigenvalue weighted by atomic mass is 9.70. The molecule has 1 aromatic carbocycles. The number of likely N-dealkylation sites (tertiary alicyclic amines) is 1. The molecule has 3 nitrogen and oxygen atoms in total. The highest BCUT2D eigenvalue weighted by molar-refractivity contribution is 5.66. The minimum absolute atomic E-state index is 0.0171. The van der Waals surface area contributed by atoms with Crippen molar-refractivity contribution in [3.8, 4) is 0 Å². The first-order valence-electron chi connectivity index (χ1n) is 6.78. The summed E-state index contributed by atoms with van der Waals surface area (Å²) in [5.74, 6) is -2.20. The molecule has 116 valence electrons. The zero-order chi connectivity index (χ0) is 15.8. The molecule has 1 fully saturated rings. The van der Waals surface area contributed by atoms with Crippen LogP contribution in [0.15, 0.2) is 18.2 Å². The van der Waals surface area contributed by atoms with Crippen molar-refractivity contribution in [3.63, 3.8) is 0 Å². The number of carbonyl (C=O) groups is 1. The normalized spacial score (nSPS) is 17.5. The van der Waals surface area contributed by atoms with Gasteiger partial charge in [0.2, 0.25) is 0 Å². The number of benzene rings is 1. The summed E-state index contributed by atoms with van der Waals surface area (Å²) in [5.41, 5.74) is -0.776. The van der Waals surface area contributed by atoms with Crippen LogP contribution in [0.25, 0.3) is 0 Å². The molecule has 1 aliphatic heterocycles. The Hall–Kier alpha value is -1.72. The Morgan fingerprint density at radius 2 is 2.05 bits per heavy atom. The fourth-order valence-corrected chi connectivity index (χ4v) is 2.63. The first kappa shape index (κ1) is 15.7. The average molecular weight is 301 g/mol.